The van der Waals surface area contributed by atoms with Crippen molar-refractivity contribution in [2.45, 2.75) is 13.0 Å². The maximum Gasteiger partial charge on any atom is 0.216 e. The van der Waals surface area contributed by atoms with Crippen LogP contribution in [0.25, 0.3) is 0 Å². The summed E-state index contributed by atoms with van der Waals surface area (Å²) < 4.78 is 24.1. The van der Waals surface area contributed by atoms with Crippen LogP contribution in [0.4, 0.5) is 0 Å². The summed E-state index contributed by atoms with van der Waals surface area (Å²) >= 11 is 1.60. The maximum absolute atomic E-state index is 11.4. The summed E-state index contributed by atoms with van der Waals surface area (Å²) in [7, 11) is -1.71. The Morgan fingerprint density at radius 2 is 2.08 bits per heavy atom. The summed E-state index contributed by atoms with van der Waals surface area (Å²) in [5.74, 6) is 0.573. The van der Waals surface area contributed by atoms with Crippen LogP contribution in [0.3, 0.4) is 0 Å². The molecule has 6 heteroatoms. The van der Waals surface area contributed by atoms with Gasteiger partial charge in [-0.2, -0.15) is 11.8 Å². The molecule has 0 heterocycles. The summed E-state index contributed by atoms with van der Waals surface area (Å²) in [4.78, 5) is 0. The third-order valence-corrected chi connectivity index (χ3v) is 4.57. The third-order valence-electron chi connectivity index (χ3n) is 1.82. The number of hydrogen-bond donors (Lipinski definition) is 1. The molecule has 0 aliphatic carbocycles. The summed E-state index contributed by atoms with van der Waals surface area (Å²) in [5, 5.41) is 8.55. The van der Waals surface area contributed by atoms with E-state index in [0.717, 1.165) is 5.75 Å². The second-order valence-corrected chi connectivity index (χ2v) is 5.92. The summed E-state index contributed by atoms with van der Waals surface area (Å²) in [6.07, 6.45) is 1.93. The van der Waals surface area contributed by atoms with Crippen molar-refractivity contribution in [2.24, 2.45) is 0 Å². The monoisotopic (exact) mass is 227 g/mol. The minimum atomic E-state index is -3.26. The smallest absolute Gasteiger partial charge is 0.216 e. The topological polar surface area (TPSA) is 57.6 Å². The van der Waals surface area contributed by atoms with Crippen LogP contribution in [-0.4, -0.2) is 55.3 Å². The van der Waals surface area contributed by atoms with Gasteiger partial charge in [0.2, 0.25) is 10.0 Å². The average Bonchev–Trinajstić information content (AvgIpc) is 2.03. The van der Waals surface area contributed by atoms with Crippen LogP contribution in [-0.2, 0) is 10.0 Å². The van der Waals surface area contributed by atoms with Crippen molar-refractivity contribution in [1.29, 1.82) is 0 Å². The lowest BCUT2D eigenvalue weighted by molar-refractivity contribution is 0.314. The highest BCUT2D eigenvalue weighted by molar-refractivity contribution is 7.98. The Hall–Kier alpha value is 0.220. The molecule has 0 aromatic rings. The predicted molar refractivity (Wildman–Crippen MR) is 56.5 cm³/mol. The fraction of sp³-hybridized carbons (Fsp3) is 1.00. The second kappa shape index (κ2) is 5.85. The lowest BCUT2D eigenvalue weighted by Crippen LogP contribution is -2.38. The average molecular weight is 227 g/mol. The molecule has 4 nitrogen and oxygen atoms in total. The Balaban J connectivity index is 4.31. The quantitative estimate of drug-likeness (QED) is 0.693. The molecule has 1 unspecified atom stereocenters. The summed E-state index contributed by atoms with van der Waals surface area (Å²) in [6, 6.07) is -0.0217. The van der Waals surface area contributed by atoms with Crippen LogP contribution >= 0.6 is 11.8 Å². The van der Waals surface area contributed by atoms with Gasteiger partial charge in [-0.3, -0.25) is 0 Å². The van der Waals surface area contributed by atoms with Crippen LogP contribution in [0.1, 0.15) is 6.92 Å². The number of hydrogen-bond acceptors (Lipinski definition) is 4. The van der Waals surface area contributed by atoms with Crippen molar-refractivity contribution in [3.63, 3.8) is 0 Å². The van der Waals surface area contributed by atoms with Crippen molar-refractivity contribution >= 4 is 21.8 Å². The molecule has 0 spiro atoms. The van der Waals surface area contributed by atoms with E-state index in [1.165, 1.54) is 4.31 Å². The molecule has 0 aromatic carbocycles. The molecule has 80 valence electrons. The molecule has 0 amide bonds. The van der Waals surface area contributed by atoms with Gasteiger partial charge in [-0.05, 0) is 13.2 Å². The molecule has 0 aromatic heterocycles. The van der Waals surface area contributed by atoms with Crippen LogP contribution < -0.4 is 0 Å². The Kier molecular flexibility index (Phi) is 5.95. The number of aliphatic hydroxyl groups excluding tert-OH is 1. The van der Waals surface area contributed by atoms with E-state index in [0.29, 0.717) is 0 Å². The molecule has 0 fully saturated rings. The number of sulfonamides is 1. The second-order valence-electron chi connectivity index (χ2n) is 2.86. The highest BCUT2D eigenvalue weighted by Crippen LogP contribution is 2.08. The molecule has 0 radical (unpaired) electrons. The zero-order valence-electron chi connectivity index (χ0n) is 8.23. The predicted octanol–water partition coefficient (Wildman–Crippen LogP) is -0.00820. The van der Waals surface area contributed by atoms with E-state index in [-0.39, 0.29) is 18.4 Å². The molecule has 0 bridgehead atoms. The Morgan fingerprint density at radius 3 is 2.46 bits per heavy atom. The zero-order chi connectivity index (χ0) is 10.5. The van der Waals surface area contributed by atoms with Crippen molar-refractivity contribution in [1.82, 2.24) is 4.31 Å². The van der Waals surface area contributed by atoms with Gasteiger partial charge < -0.3 is 5.11 Å². The normalized spacial score (nSPS) is 14.8. The lowest BCUT2D eigenvalue weighted by Gasteiger charge is -2.23. The molecule has 1 atom stereocenters. The van der Waals surface area contributed by atoms with Gasteiger partial charge in [0.05, 0.1) is 12.4 Å². The van der Waals surface area contributed by atoms with E-state index >= 15 is 0 Å². The number of nitrogens with zero attached hydrogens (tertiary/aromatic N) is 1. The van der Waals surface area contributed by atoms with Crippen molar-refractivity contribution in [3.05, 3.63) is 0 Å². The van der Waals surface area contributed by atoms with E-state index in [2.05, 4.69) is 0 Å². The molecule has 1 N–H and O–H groups in total. The summed E-state index contributed by atoms with van der Waals surface area (Å²) in [6.45, 7) is 1.53. The van der Waals surface area contributed by atoms with E-state index in [4.69, 9.17) is 5.11 Å². The Labute approximate surface area is 84.4 Å². The first-order valence-corrected chi connectivity index (χ1v) is 7.01. The van der Waals surface area contributed by atoms with Gasteiger partial charge in [0, 0.05) is 18.8 Å². The fourth-order valence-electron chi connectivity index (χ4n) is 0.880. The van der Waals surface area contributed by atoms with Gasteiger partial charge in [0.1, 0.15) is 0 Å². The van der Waals surface area contributed by atoms with Gasteiger partial charge in [-0.25, -0.2) is 12.7 Å². The SMILES string of the molecule is CSCC(C)N(C)S(=O)(=O)CCO. The van der Waals surface area contributed by atoms with Crippen LogP contribution in [0.2, 0.25) is 0 Å². The highest BCUT2D eigenvalue weighted by Gasteiger charge is 2.21. The molecule has 0 saturated heterocycles. The van der Waals surface area contributed by atoms with Gasteiger partial charge >= 0.3 is 0 Å². The molecular weight excluding hydrogens is 210 g/mol. The minimum absolute atomic E-state index is 0.0217. The van der Waals surface area contributed by atoms with Crippen LogP contribution in [0.5, 0.6) is 0 Å². The number of thioether (sulfide) groups is 1. The van der Waals surface area contributed by atoms with Gasteiger partial charge in [0.15, 0.2) is 0 Å². The first-order valence-electron chi connectivity index (χ1n) is 4.01. The van der Waals surface area contributed by atoms with E-state index in [1.54, 1.807) is 18.8 Å². The Bertz CT molecular complexity index is 228. The van der Waals surface area contributed by atoms with E-state index < -0.39 is 10.0 Å². The first-order chi connectivity index (χ1) is 5.95. The van der Waals surface area contributed by atoms with E-state index in [1.807, 2.05) is 13.2 Å². The molecule has 0 aliphatic heterocycles. The minimum Gasteiger partial charge on any atom is -0.395 e. The van der Waals surface area contributed by atoms with E-state index in [9.17, 15) is 8.42 Å². The maximum atomic E-state index is 11.4. The molecular formula is C7H17NO3S2. The molecule has 0 saturated carbocycles. The lowest BCUT2D eigenvalue weighted by atomic mass is 10.4. The first kappa shape index (κ1) is 13.2. The number of aliphatic hydroxyl groups is 1. The van der Waals surface area contributed by atoms with Crippen LogP contribution in [0, 0.1) is 0 Å². The van der Waals surface area contributed by atoms with Crippen molar-refractivity contribution in [2.75, 3.05) is 31.4 Å². The van der Waals surface area contributed by atoms with Gasteiger partial charge in [-0.1, -0.05) is 0 Å². The highest BCUT2D eigenvalue weighted by atomic mass is 32.2. The molecule has 0 rings (SSSR count). The third kappa shape index (κ3) is 4.30. The standard InChI is InChI=1S/C7H17NO3S2/c1-7(6-12-3)8(2)13(10,11)5-4-9/h7,9H,4-6H2,1-3H3. The van der Waals surface area contributed by atoms with Crippen molar-refractivity contribution in [3.8, 4) is 0 Å². The molecule has 0 aliphatic rings. The zero-order valence-corrected chi connectivity index (χ0v) is 9.86. The Morgan fingerprint density at radius 1 is 1.54 bits per heavy atom. The number of rotatable bonds is 6. The summed E-state index contributed by atoms with van der Waals surface area (Å²) in [5.41, 5.74) is 0. The largest absolute Gasteiger partial charge is 0.395 e. The van der Waals surface area contributed by atoms with Crippen molar-refractivity contribution < 1.29 is 13.5 Å². The fourth-order valence-corrected chi connectivity index (χ4v) is 2.82. The van der Waals surface area contributed by atoms with Gasteiger partial charge in [-0.15, -0.1) is 0 Å². The molecule has 13 heavy (non-hydrogen) atoms. The van der Waals surface area contributed by atoms with Crippen LogP contribution in [0.15, 0.2) is 0 Å². The van der Waals surface area contributed by atoms with Gasteiger partial charge in [0.25, 0.3) is 0 Å².